The van der Waals surface area contributed by atoms with Crippen LogP contribution in [0.3, 0.4) is 0 Å². The van der Waals surface area contributed by atoms with Gasteiger partial charge in [0.05, 0.1) is 7.11 Å². The van der Waals surface area contributed by atoms with Crippen LogP contribution in [0.1, 0.15) is 37.8 Å². The molecule has 4 rings (SSSR count). The molecule has 0 aliphatic heterocycles. The van der Waals surface area contributed by atoms with Crippen molar-refractivity contribution in [2.24, 2.45) is 0 Å². The summed E-state index contributed by atoms with van der Waals surface area (Å²) in [5, 5.41) is 2.72. The molecule has 0 saturated carbocycles. The fourth-order valence-corrected chi connectivity index (χ4v) is 4.41. The number of rotatable bonds is 3. The van der Waals surface area contributed by atoms with E-state index in [2.05, 4.69) is 68.4 Å². The average Bonchev–Trinajstić information content (AvgIpc) is 2.91. The minimum atomic E-state index is 0.0834. The topological polar surface area (TPSA) is 9.23 Å². The Morgan fingerprint density at radius 3 is 2.35 bits per heavy atom. The summed E-state index contributed by atoms with van der Waals surface area (Å²) in [5.41, 5.74) is 5.78. The summed E-state index contributed by atoms with van der Waals surface area (Å²) in [5.74, 6) is 0.951. The molecule has 116 valence electrons. The molecule has 3 aromatic carbocycles. The smallest absolute Gasteiger partial charge is 0.119 e. The molecule has 0 aromatic heterocycles. The van der Waals surface area contributed by atoms with E-state index in [1.165, 1.54) is 33.0 Å². The van der Waals surface area contributed by atoms with Crippen LogP contribution in [0.2, 0.25) is 0 Å². The first-order valence-corrected chi connectivity index (χ1v) is 8.46. The predicted molar refractivity (Wildman–Crippen MR) is 97.3 cm³/mol. The van der Waals surface area contributed by atoms with E-state index in [4.69, 9.17) is 4.74 Å². The van der Waals surface area contributed by atoms with Crippen molar-refractivity contribution in [1.29, 1.82) is 0 Å². The lowest BCUT2D eigenvalue weighted by Crippen LogP contribution is -2.23. The molecule has 1 aliphatic rings. The lowest BCUT2D eigenvalue weighted by Gasteiger charge is -2.30. The van der Waals surface area contributed by atoms with Crippen LogP contribution >= 0.6 is 0 Å². The SMILES string of the molecule is CCC1(CC)c2cc(OC)ccc2-c2ccc3ccccc3c21. The van der Waals surface area contributed by atoms with Crippen molar-refractivity contribution in [3.63, 3.8) is 0 Å². The molecule has 0 N–H and O–H groups in total. The van der Waals surface area contributed by atoms with Gasteiger partial charge < -0.3 is 4.74 Å². The number of hydrogen-bond acceptors (Lipinski definition) is 1. The maximum Gasteiger partial charge on any atom is 0.119 e. The average molecular weight is 302 g/mol. The maximum absolute atomic E-state index is 5.51. The van der Waals surface area contributed by atoms with E-state index in [0.717, 1.165) is 18.6 Å². The van der Waals surface area contributed by atoms with Gasteiger partial charge in [0.15, 0.2) is 0 Å². The van der Waals surface area contributed by atoms with Crippen LogP contribution in [0.15, 0.2) is 54.6 Å². The van der Waals surface area contributed by atoms with E-state index in [1.807, 2.05) is 0 Å². The van der Waals surface area contributed by atoms with E-state index in [0.29, 0.717) is 0 Å². The molecule has 0 fully saturated rings. The molecule has 0 atom stereocenters. The van der Waals surface area contributed by atoms with Crippen LogP contribution in [0.5, 0.6) is 5.75 Å². The Hall–Kier alpha value is -2.28. The van der Waals surface area contributed by atoms with Crippen LogP contribution in [0.4, 0.5) is 0 Å². The fourth-order valence-electron chi connectivity index (χ4n) is 4.41. The van der Waals surface area contributed by atoms with Gasteiger partial charge in [-0.25, -0.2) is 0 Å². The van der Waals surface area contributed by atoms with Gasteiger partial charge in [-0.2, -0.15) is 0 Å². The van der Waals surface area contributed by atoms with Gasteiger partial charge in [-0.1, -0.05) is 56.3 Å². The summed E-state index contributed by atoms with van der Waals surface area (Å²) >= 11 is 0. The highest BCUT2D eigenvalue weighted by atomic mass is 16.5. The van der Waals surface area contributed by atoms with E-state index in [-0.39, 0.29) is 5.41 Å². The van der Waals surface area contributed by atoms with Gasteiger partial charge in [-0.05, 0) is 58.0 Å². The highest BCUT2D eigenvalue weighted by Crippen LogP contribution is 2.55. The second-order valence-corrected chi connectivity index (χ2v) is 6.41. The van der Waals surface area contributed by atoms with Gasteiger partial charge in [0.25, 0.3) is 0 Å². The number of fused-ring (bicyclic) bond motifs is 5. The van der Waals surface area contributed by atoms with Crippen molar-refractivity contribution < 1.29 is 4.74 Å². The first-order valence-electron chi connectivity index (χ1n) is 8.46. The standard InChI is InChI=1S/C22H22O/c1-4-22(5-2)20-14-16(23-3)11-13-18(20)19-12-10-15-8-6-7-9-17(15)21(19)22/h6-14H,4-5H2,1-3H3. The molecule has 0 saturated heterocycles. The Morgan fingerprint density at radius 2 is 1.61 bits per heavy atom. The van der Waals surface area contributed by atoms with Crippen LogP contribution in [0, 0.1) is 0 Å². The van der Waals surface area contributed by atoms with Gasteiger partial charge in [0.1, 0.15) is 5.75 Å². The zero-order valence-corrected chi connectivity index (χ0v) is 14.0. The third kappa shape index (κ3) is 1.80. The van der Waals surface area contributed by atoms with Crippen LogP contribution in [-0.4, -0.2) is 7.11 Å². The number of benzene rings is 3. The van der Waals surface area contributed by atoms with Gasteiger partial charge >= 0.3 is 0 Å². The lowest BCUT2D eigenvalue weighted by atomic mass is 9.72. The Balaban J connectivity index is 2.14. The second kappa shape index (κ2) is 5.13. The van der Waals surface area contributed by atoms with Crippen molar-refractivity contribution in [1.82, 2.24) is 0 Å². The van der Waals surface area contributed by atoms with E-state index in [1.54, 1.807) is 7.11 Å². The number of hydrogen-bond donors (Lipinski definition) is 0. The molecule has 0 spiro atoms. The van der Waals surface area contributed by atoms with E-state index in [9.17, 15) is 0 Å². The molecule has 0 radical (unpaired) electrons. The maximum atomic E-state index is 5.51. The van der Waals surface area contributed by atoms with Gasteiger partial charge in [0, 0.05) is 5.41 Å². The first kappa shape index (κ1) is 14.3. The molecule has 1 heteroatoms. The van der Waals surface area contributed by atoms with Crippen LogP contribution in [-0.2, 0) is 5.41 Å². The van der Waals surface area contributed by atoms with Crippen molar-refractivity contribution in [3.05, 3.63) is 65.7 Å². The number of ether oxygens (including phenoxy) is 1. The van der Waals surface area contributed by atoms with Crippen LogP contribution in [0.25, 0.3) is 21.9 Å². The molecular weight excluding hydrogens is 280 g/mol. The van der Waals surface area contributed by atoms with Gasteiger partial charge in [-0.15, -0.1) is 0 Å². The van der Waals surface area contributed by atoms with E-state index >= 15 is 0 Å². The first-order chi connectivity index (χ1) is 11.2. The monoisotopic (exact) mass is 302 g/mol. The Morgan fingerprint density at radius 1 is 0.870 bits per heavy atom. The molecular formula is C22H22O. The van der Waals surface area contributed by atoms with Crippen molar-refractivity contribution in [2.75, 3.05) is 7.11 Å². The van der Waals surface area contributed by atoms with E-state index < -0.39 is 0 Å². The molecule has 0 unspecified atom stereocenters. The summed E-state index contributed by atoms with van der Waals surface area (Å²) in [6.45, 7) is 4.62. The Labute approximate surface area is 137 Å². The summed E-state index contributed by atoms with van der Waals surface area (Å²) in [4.78, 5) is 0. The van der Waals surface area contributed by atoms with Crippen molar-refractivity contribution in [2.45, 2.75) is 32.1 Å². The van der Waals surface area contributed by atoms with Gasteiger partial charge in [-0.3, -0.25) is 0 Å². The minimum absolute atomic E-state index is 0.0834. The molecule has 0 amide bonds. The lowest BCUT2D eigenvalue weighted by molar-refractivity contribution is 0.411. The molecule has 23 heavy (non-hydrogen) atoms. The minimum Gasteiger partial charge on any atom is -0.497 e. The molecule has 1 nitrogen and oxygen atoms in total. The largest absolute Gasteiger partial charge is 0.497 e. The molecule has 0 heterocycles. The molecule has 0 bridgehead atoms. The van der Waals surface area contributed by atoms with Gasteiger partial charge in [0.2, 0.25) is 0 Å². The summed E-state index contributed by atoms with van der Waals surface area (Å²) in [6.07, 6.45) is 2.20. The summed E-state index contributed by atoms with van der Waals surface area (Å²) in [7, 11) is 1.75. The highest BCUT2D eigenvalue weighted by Gasteiger charge is 2.41. The zero-order valence-electron chi connectivity index (χ0n) is 14.0. The second-order valence-electron chi connectivity index (χ2n) is 6.41. The Bertz CT molecular complexity index is 888. The Kier molecular flexibility index (Phi) is 3.19. The summed E-state index contributed by atoms with van der Waals surface area (Å²) in [6, 6.07) is 19.9. The van der Waals surface area contributed by atoms with Crippen molar-refractivity contribution >= 4 is 10.8 Å². The highest BCUT2D eigenvalue weighted by molar-refractivity contribution is 5.97. The third-order valence-electron chi connectivity index (χ3n) is 5.65. The quantitative estimate of drug-likeness (QED) is 0.582. The van der Waals surface area contributed by atoms with Crippen molar-refractivity contribution in [3.8, 4) is 16.9 Å². The predicted octanol–water partition coefficient (Wildman–Crippen LogP) is 5.93. The fraction of sp³-hybridized carbons (Fsp3) is 0.273. The third-order valence-corrected chi connectivity index (χ3v) is 5.65. The molecule has 1 aliphatic carbocycles. The van der Waals surface area contributed by atoms with Crippen LogP contribution < -0.4 is 4.74 Å². The zero-order chi connectivity index (χ0) is 16.0. The summed E-state index contributed by atoms with van der Waals surface area (Å²) < 4.78 is 5.51. The molecule has 3 aromatic rings. The number of methoxy groups -OCH3 is 1. The normalized spacial score (nSPS) is 14.6.